The van der Waals surface area contributed by atoms with Gasteiger partial charge in [-0.1, -0.05) is 18.2 Å². The molecule has 1 atom stereocenters. The normalized spacial score (nSPS) is 16.9. The third-order valence-corrected chi connectivity index (χ3v) is 3.71. The summed E-state index contributed by atoms with van der Waals surface area (Å²) < 4.78 is 14.0. The van der Waals surface area contributed by atoms with Crippen molar-refractivity contribution < 1.29 is 14.1 Å². The number of carbonyl (C=O) groups excluding carboxylic acids is 1. The molecule has 0 bridgehead atoms. The molecular formula is C16H12FN3O3. The van der Waals surface area contributed by atoms with Crippen LogP contribution in [0.1, 0.15) is 17.2 Å². The molecule has 1 unspecified atom stereocenters. The summed E-state index contributed by atoms with van der Waals surface area (Å²) in [6, 6.07) is 9.05. The summed E-state index contributed by atoms with van der Waals surface area (Å²) in [5.41, 5.74) is 1.00. The molecule has 0 fully saturated rings. The van der Waals surface area contributed by atoms with Crippen LogP contribution in [0.25, 0.3) is 0 Å². The van der Waals surface area contributed by atoms with Crippen LogP contribution in [0.2, 0.25) is 0 Å². The number of hydrogen-bond donors (Lipinski definition) is 0. The molecule has 116 valence electrons. The van der Waals surface area contributed by atoms with Crippen LogP contribution >= 0.6 is 0 Å². The summed E-state index contributed by atoms with van der Waals surface area (Å²) in [5, 5.41) is 10.9. The Labute approximate surface area is 131 Å². The highest BCUT2D eigenvalue weighted by Gasteiger charge is 2.29. The van der Waals surface area contributed by atoms with E-state index in [9.17, 15) is 19.3 Å². The Morgan fingerprint density at radius 2 is 2.00 bits per heavy atom. The quantitative estimate of drug-likeness (QED) is 0.632. The summed E-state index contributed by atoms with van der Waals surface area (Å²) in [6.07, 6.45) is 1.38. The summed E-state index contributed by atoms with van der Waals surface area (Å²) >= 11 is 0. The van der Waals surface area contributed by atoms with Crippen molar-refractivity contribution >= 4 is 23.5 Å². The average molecular weight is 313 g/mol. The van der Waals surface area contributed by atoms with E-state index >= 15 is 0 Å². The number of amides is 1. The van der Waals surface area contributed by atoms with Crippen molar-refractivity contribution in [2.24, 2.45) is 4.99 Å². The number of likely N-dealkylation sites (N-methyl/N-ethyl adjacent to an activating group) is 1. The van der Waals surface area contributed by atoms with Crippen LogP contribution < -0.4 is 4.90 Å². The van der Waals surface area contributed by atoms with Crippen LogP contribution in [-0.2, 0) is 4.79 Å². The van der Waals surface area contributed by atoms with Gasteiger partial charge in [-0.3, -0.25) is 19.9 Å². The summed E-state index contributed by atoms with van der Waals surface area (Å²) in [4.78, 5) is 28.4. The molecule has 1 aliphatic heterocycles. The first kappa shape index (κ1) is 14.8. The predicted molar refractivity (Wildman–Crippen MR) is 83.2 cm³/mol. The second kappa shape index (κ2) is 5.60. The molecule has 1 aliphatic rings. The number of rotatable bonds is 2. The maximum Gasteiger partial charge on any atom is 0.270 e. The third-order valence-electron chi connectivity index (χ3n) is 3.71. The lowest BCUT2D eigenvalue weighted by Crippen LogP contribution is -2.30. The van der Waals surface area contributed by atoms with Gasteiger partial charge in [-0.2, -0.15) is 0 Å². The summed E-state index contributed by atoms with van der Waals surface area (Å²) in [7, 11) is 1.54. The Kier molecular flexibility index (Phi) is 3.61. The van der Waals surface area contributed by atoms with Gasteiger partial charge in [0.1, 0.15) is 5.82 Å². The number of nitrogens with zero attached hydrogens (tertiary/aromatic N) is 3. The minimum atomic E-state index is -1.02. The average Bonchev–Trinajstić information content (AvgIpc) is 2.66. The number of nitro groups is 1. The minimum absolute atomic E-state index is 0.0969. The zero-order valence-corrected chi connectivity index (χ0v) is 12.1. The first-order valence-electron chi connectivity index (χ1n) is 6.82. The molecule has 0 aromatic heterocycles. The van der Waals surface area contributed by atoms with Crippen molar-refractivity contribution in [1.29, 1.82) is 0 Å². The van der Waals surface area contributed by atoms with Crippen LogP contribution in [0.4, 0.5) is 15.8 Å². The molecule has 1 amide bonds. The van der Waals surface area contributed by atoms with Gasteiger partial charge < -0.3 is 4.90 Å². The summed E-state index contributed by atoms with van der Waals surface area (Å²) in [6.45, 7) is 0. The number of halogens is 1. The SMILES string of the molecule is CN1C(=O)C(c2ccccc2F)N=Cc2cc([N+](=O)[O-])ccc21. The van der Waals surface area contributed by atoms with E-state index in [1.807, 2.05) is 0 Å². The maximum atomic E-state index is 14.0. The van der Waals surface area contributed by atoms with Crippen LogP contribution in [0, 0.1) is 15.9 Å². The minimum Gasteiger partial charge on any atom is -0.313 e. The number of carbonyl (C=O) groups is 1. The zero-order chi connectivity index (χ0) is 16.6. The van der Waals surface area contributed by atoms with E-state index < -0.39 is 22.7 Å². The van der Waals surface area contributed by atoms with E-state index in [2.05, 4.69) is 4.99 Å². The zero-order valence-electron chi connectivity index (χ0n) is 12.1. The third kappa shape index (κ3) is 2.57. The number of fused-ring (bicyclic) bond motifs is 1. The Bertz CT molecular complexity index is 835. The number of nitro benzene ring substituents is 1. The van der Waals surface area contributed by atoms with Crippen molar-refractivity contribution in [1.82, 2.24) is 0 Å². The predicted octanol–water partition coefficient (Wildman–Crippen LogP) is 2.87. The van der Waals surface area contributed by atoms with E-state index in [1.54, 1.807) is 6.07 Å². The van der Waals surface area contributed by atoms with E-state index in [0.717, 1.165) is 0 Å². The standard InChI is InChI=1S/C16H12FN3O3/c1-19-14-7-6-11(20(22)23)8-10(14)9-18-15(16(19)21)12-4-2-3-5-13(12)17/h2-9,15H,1H3. The number of anilines is 1. The molecule has 0 N–H and O–H groups in total. The van der Waals surface area contributed by atoms with Crippen LogP contribution in [0.5, 0.6) is 0 Å². The van der Waals surface area contributed by atoms with Crippen LogP contribution in [0.3, 0.4) is 0 Å². The number of benzodiazepines with no additional fused rings is 1. The topological polar surface area (TPSA) is 75.8 Å². The number of benzene rings is 2. The van der Waals surface area contributed by atoms with Crippen molar-refractivity contribution in [3.63, 3.8) is 0 Å². The maximum absolute atomic E-state index is 14.0. The van der Waals surface area contributed by atoms with Crippen molar-refractivity contribution in [2.45, 2.75) is 6.04 Å². The highest BCUT2D eigenvalue weighted by molar-refractivity contribution is 6.05. The van der Waals surface area contributed by atoms with Crippen molar-refractivity contribution in [3.05, 3.63) is 69.5 Å². The van der Waals surface area contributed by atoms with Gasteiger partial charge in [-0.05, 0) is 12.1 Å². The van der Waals surface area contributed by atoms with Gasteiger partial charge in [0.2, 0.25) is 0 Å². The fraction of sp³-hybridized carbons (Fsp3) is 0.125. The molecule has 6 nitrogen and oxygen atoms in total. The smallest absolute Gasteiger partial charge is 0.270 e. The monoisotopic (exact) mass is 313 g/mol. The van der Waals surface area contributed by atoms with Gasteiger partial charge in [-0.15, -0.1) is 0 Å². The largest absolute Gasteiger partial charge is 0.313 e. The molecule has 0 saturated heterocycles. The van der Waals surface area contributed by atoms with E-state index in [1.165, 1.54) is 54.6 Å². The Morgan fingerprint density at radius 1 is 1.26 bits per heavy atom. The molecule has 1 heterocycles. The molecular weight excluding hydrogens is 301 g/mol. The van der Waals surface area contributed by atoms with Gasteiger partial charge in [0.15, 0.2) is 6.04 Å². The first-order chi connectivity index (χ1) is 11.0. The van der Waals surface area contributed by atoms with E-state index in [4.69, 9.17) is 0 Å². The highest BCUT2D eigenvalue weighted by atomic mass is 19.1. The van der Waals surface area contributed by atoms with Crippen LogP contribution in [-0.4, -0.2) is 24.1 Å². The second-order valence-electron chi connectivity index (χ2n) is 5.10. The first-order valence-corrected chi connectivity index (χ1v) is 6.82. The molecule has 2 aromatic carbocycles. The number of non-ortho nitro benzene ring substituents is 1. The van der Waals surface area contributed by atoms with Crippen molar-refractivity contribution in [3.8, 4) is 0 Å². The lowest BCUT2D eigenvalue weighted by molar-refractivity contribution is -0.384. The van der Waals surface area contributed by atoms with Gasteiger partial charge in [0.25, 0.3) is 11.6 Å². The highest BCUT2D eigenvalue weighted by Crippen LogP contribution is 2.31. The summed E-state index contributed by atoms with van der Waals surface area (Å²) in [5.74, 6) is -0.924. The van der Waals surface area contributed by atoms with E-state index in [0.29, 0.717) is 11.3 Å². The lowest BCUT2D eigenvalue weighted by Gasteiger charge is -2.20. The molecule has 0 saturated carbocycles. The fourth-order valence-corrected chi connectivity index (χ4v) is 2.50. The fourth-order valence-electron chi connectivity index (χ4n) is 2.50. The molecule has 23 heavy (non-hydrogen) atoms. The molecule has 0 radical (unpaired) electrons. The number of aliphatic imine (C=N–C) groups is 1. The molecule has 0 spiro atoms. The second-order valence-corrected chi connectivity index (χ2v) is 5.10. The molecule has 2 aromatic rings. The van der Waals surface area contributed by atoms with Gasteiger partial charge in [0.05, 0.1) is 10.6 Å². The Morgan fingerprint density at radius 3 is 2.70 bits per heavy atom. The van der Waals surface area contributed by atoms with Gasteiger partial charge >= 0.3 is 0 Å². The Hall–Kier alpha value is -3.09. The molecule has 7 heteroatoms. The van der Waals surface area contributed by atoms with Gasteiger partial charge in [-0.25, -0.2) is 4.39 Å². The molecule has 0 aliphatic carbocycles. The van der Waals surface area contributed by atoms with Gasteiger partial charge in [0, 0.05) is 36.5 Å². The Balaban J connectivity index is 2.09. The lowest BCUT2D eigenvalue weighted by atomic mass is 10.1. The molecule has 3 rings (SSSR count). The van der Waals surface area contributed by atoms with Crippen molar-refractivity contribution in [2.75, 3.05) is 11.9 Å². The van der Waals surface area contributed by atoms with Crippen LogP contribution in [0.15, 0.2) is 47.5 Å². The van der Waals surface area contributed by atoms with E-state index in [-0.39, 0.29) is 11.3 Å². The number of hydrogen-bond acceptors (Lipinski definition) is 4.